The van der Waals surface area contributed by atoms with Crippen LogP contribution in [-0.4, -0.2) is 26.8 Å². The van der Waals surface area contributed by atoms with Gasteiger partial charge in [0.25, 0.3) is 0 Å². The molecule has 88 valence electrons. The first-order valence-electron chi connectivity index (χ1n) is 4.63. The Bertz CT molecular complexity index is 358. The van der Waals surface area contributed by atoms with Crippen molar-refractivity contribution in [3.05, 3.63) is 29.8 Å². The Morgan fingerprint density at radius 1 is 1.38 bits per heavy atom. The molecule has 0 aliphatic rings. The van der Waals surface area contributed by atoms with Crippen LogP contribution in [0, 0.1) is 0 Å². The lowest BCUT2D eigenvalue weighted by molar-refractivity contribution is 0.0343. The van der Waals surface area contributed by atoms with Gasteiger partial charge in [0, 0.05) is 11.0 Å². The number of alkyl halides is 1. The van der Waals surface area contributed by atoms with Gasteiger partial charge in [-0.3, -0.25) is 0 Å². The number of aliphatic hydroxyl groups excluding tert-OH is 2. The summed E-state index contributed by atoms with van der Waals surface area (Å²) >= 11 is 7.80. The molecule has 5 N–H and O–H groups in total. The monoisotopic (exact) mass is 304 g/mol. The zero-order chi connectivity index (χ0) is 12.1. The number of rotatable bonds is 4. The summed E-state index contributed by atoms with van der Waals surface area (Å²) in [5.41, 5.74) is 6.70. The molecule has 6 heteroatoms. The first-order valence-corrected chi connectivity index (χ1v) is 6.16. The average molecular weight is 305 g/mol. The third-order valence-corrected chi connectivity index (χ3v) is 2.81. The maximum Gasteiger partial charge on any atom is 0.168 e. The van der Waals surface area contributed by atoms with Crippen LogP contribution in [0.25, 0.3) is 0 Å². The molecule has 1 aromatic rings. The van der Waals surface area contributed by atoms with E-state index < -0.39 is 12.2 Å². The zero-order valence-corrected chi connectivity index (χ0v) is 10.8. The molecule has 0 aliphatic carbocycles. The molecule has 0 saturated heterocycles. The number of anilines is 1. The van der Waals surface area contributed by atoms with E-state index in [-0.39, 0.29) is 5.11 Å². The Morgan fingerprint density at radius 2 is 1.94 bits per heavy atom. The highest BCUT2D eigenvalue weighted by Crippen LogP contribution is 2.20. The van der Waals surface area contributed by atoms with E-state index in [1.807, 2.05) is 0 Å². The minimum atomic E-state index is -0.904. The van der Waals surface area contributed by atoms with Crippen molar-refractivity contribution < 1.29 is 10.2 Å². The minimum absolute atomic E-state index is 0.189. The maximum atomic E-state index is 9.71. The first-order chi connectivity index (χ1) is 7.54. The van der Waals surface area contributed by atoms with E-state index in [0.717, 1.165) is 5.69 Å². The fourth-order valence-electron chi connectivity index (χ4n) is 1.21. The van der Waals surface area contributed by atoms with Gasteiger partial charge >= 0.3 is 0 Å². The molecule has 4 nitrogen and oxygen atoms in total. The molecule has 0 spiro atoms. The van der Waals surface area contributed by atoms with Gasteiger partial charge < -0.3 is 21.3 Å². The predicted molar refractivity (Wildman–Crippen MR) is 71.6 cm³/mol. The third-order valence-electron chi connectivity index (χ3n) is 2.04. The summed E-state index contributed by atoms with van der Waals surface area (Å²) in [7, 11) is 0. The van der Waals surface area contributed by atoms with Gasteiger partial charge in [-0.05, 0) is 29.9 Å². The van der Waals surface area contributed by atoms with Crippen LogP contribution in [0.2, 0.25) is 0 Å². The molecule has 1 aromatic carbocycles. The summed E-state index contributed by atoms with van der Waals surface area (Å²) in [4.78, 5) is 0. The Kier molecular flexibility index (Phi) is 5.14. The molecule has 16 heavy (non-hydrogen) atoms. The SMILES string of the molecule is NC(=S)Nc1ccc(C(O)C(O)CBr)cc1. The molecular formula is C10H13BrN2O2S. The highest BCUT2D eigenvalue weighted by molar-refractivity contribution is 9.09. The molecule has 0 aliphatic heterocycles. The highest BCUT2D eigenvalue weighted by Gasteiger charge is 2.16. The lowest BCUT2D eigenvalue weighted by Crippen LogP contribution is -2.20. The normalized spacial score (nSPS) is 14.2. The van der Waals surface area contributed by atoms with Crippen molar-refractivity contribution in [2.24, 2.45) is 5.73 Å². The van der Waals surface area contributed by atoms with Gasteiger partial charge in [-0.25, -0.2) is 0 Å². The van der Waals surface area contributed by atoms with Crippen LogP contribution < -0.4 is 11.1 Å². The lowest BCUT2D eigenvalue weighted by Gasteiger charge is -2.16. The predicted octanol–water partition coefficient (Wildman–Crippen LogP) is 1.13. The largest absolute Gasteiger partial charge is 0.389 e. The third kappa shape index (κ3) is 3.71. The second kappa shape index (κ2) is 6.15. The van der Waals surface area contributed by atoms with Gasteiger partial charge in [0.1, 0.15) is 6.10 Å². The molecule has 2 unspecified atom stereocenters. The summed E-state index contributed by atoms with van der Waals surface area (Å²) < 4.78 is 0. The smallest absolute Gasteiger partial charge is 0.168 e. The summed E-state index contributed by atoms with van der Waals surface area (Å²) in [6.07, 6.45) is -1.73. The van der Waals surface area contributed by atoms with Gasteiger partial charge in [0.05, 0.1) is 6.10 Å². The van der Waals surface area contributed by atoms with E-state index >= 15 is 0 Å². The van der Waals surface area contributed by atoms with E-state index in [9.17, 15) is 10.2 Å². The van der Waals surface area contributed by atoms with Crippen molar-refractivity contribution in [3.8, 4) is 0 Å². The Balaban J connectivity index is 2.74. The molecule has 2 atom stereocenters. The Labute approximate surface area is 108 Å². The summed E-state index contributed by atoms with van der Waals surface area (Å²) in [6, 6.07) is 6.88. The number of benzene rings is 1. The van der Waals surface area contributed by atoms with E-state index in [0.29, 0.717) is 10.9 Å². The lowest BCUT2D eigenvalue weighted by atomic mass is 10.1. The van der Waals surface area contributed by atoms with Crippen molar-refractivity contribution in [2.45, 2.75) is 12.2 Å². The van der Waals surface area contributed by atoms with E-state index in [1.54, 1.807) is 24.3 Å². The molecule has 0 bridgehead atoms. The van der Waals surface area contributed by atoms with Crippen molar-refractivity contribution in [2.75, 3.05) is 10.6 Å². The Hall–Kier alpha value is -0.690. The molecule has 0 heterocycles. The molecule has 0 aromatic heterocycles. The number of nitrogens with one attached hydrogen (secondary N) is 1. The minimum Gasteiger partial charge on any atom is -0.389 e. The first kappa shape index (κ1) is 13.4. The van der Waals surface area contributed by atoms with E-state index in [1.165, 1.54) is 0 Å². The van der Waals surface area contributed by atoms with Gasteiger partial charge in [-0.1, -0.05) is 28.1 Å². The number of hydrogen-bond acceptors (Lipinski definition) is 3. The van der Waals surface area contributed by atoms with Crippen molar-refractivity contribution in [3.63, 3.8) is 0 Å². The Morgan fingerprint density at radius 3 is 2.38 bits per heavy atom. The van der Waals surface area contributed by atoms with E-state index in [4.69, 9.17) is 18.0 Å². The second-order valence-corrected chi connectivity index (χ2v) is 4.37. The number of halogens is 1. The molecule has 0 amide bonds. The van der Waals surface area contributed by atoms with Crippen molar-refractivity contribution in [1.29, 1.82) is 0 Å². The van der Waals surface area contributed by atoms with Crippen LogP contribution in [-0.2, 0) is 0 Å². The van der Waals surface area contributed by atoms with Crippen LogP contribution in [0.15, 0.2) is 24.3 Å². The molecular weight excluding hydrogens is 292 g/mol. The molecule has 0 saturated carbocycles. The van der Waals surface area contributed by atoms with Gasteiger partial charge in [0.2, 0.25) is 0 Å². The highest BCUT2D eigenvalue weighted by atomic mass is 79.9. The number of hydrogen-bond donors (Lipinski definition) is 4. The molecule has 1 rings (SSSR count). The van der Waals surface area contributed by atoms with Crippen LogP contribution in [0.3, 0.4) is 0 Å². The number of aliphatic hydroxyl groups is 2. The number of thiocarbonyl (C=S) groups is 1. The van der Waals surface area contributed by atoms with Gasteiger partial charge in [0.15, 0.2) is 5.11 Å². The second-order valence-electron chi connectivity index (χ2n) is 3.28. The summed E-state index contributed by atoms with van der Waals surface area (Å²) in [5, 5.41) is 22.4. The standard InChI is InChI=1S/C10H13BrN2O2S/c11-5-8(14)9(15)6-1-3-7(4-2-6)13-10(12)16/h1-4,8-9,14-15H,5H2,(H3,12,13,16). The van der Waals surface area contributed by atoms with Crippen LogP contribution >= 0.6 is 28.1 Å². The van der Waals surface area contributed by atoms with Gasteiger partial charge in [-0.2, -0.15) is 0 Å². The van der Waals surface area contributed by atoms with Crippen LogP contribution in [0.1, 0.15) is 11.7 Å². The van der Waals surface area contributed by atoms with Crippen LogP contribution in [0.4, 0.5) is 5.69 Å². The fourth-order valence-corrected chi connectivity index (χ4v) is 1.68. The zero-order valence-electron chi connectivity index (χ0n) is 8.43. The summed E-state index contributed by atoms with van der Waals surface area (Å²) in [5.74, 6) is 0. The average Bonchev–Trinajstić information content (AvgIpc) is 2.27. The summed E-state index contributed by atoms with van der Waals surface area (Å²) in [6.45, 7) is 0. The molecule has 0 fully saturated rings. The maximum absolute atomic E-state index is 9.71. The fraction of sp³-hybridized carbons (Fsp3) is 0.300. The quantitative estimate of drug-likeness (QED) is 0.495. The molecule has 0 radical (unpaired) electrons. The topological polar surface area (TPSA) is 78.5 Å². The van der Waals surface area contributed by atoms with E-state index in [2.05, 4.69) is 21.2 Å². The van der Waals surface area contributed by atoms with Crippen LogP contribution in [0.5, 0.6) is 0 Å². The van der Waals surface area contributed by atoms with Crippen molar-refractivity contribution in [1.82, 2.24) is 0 Å². The van der Waals surface area contributed by atoms with Crippen molar-refractivity contribution >= 4 is 38.9 Å². The van der Waals surface area contributed by atoms with Gasteiger partial charge in [-0.15, -0.1) is 0 Å². The number of nitrogens with two attached hydrogens (primary N) is 1.